The molecule has 0 aromatic heterocycles. The first-order valence-electron chi connectivity index (χ1n) is 11.6. The number of carbonyl (C=O) groups is 1. The molecular weight excluding hydrogens is 437 g/mol. The van der Waals surface area contributed by atoms with Gasteiger partial charge in [-0.1, -0.05) is 24.3 Å². The van der Waals surface area contributed by atoms with E-state index in [1.165, 1.54) is 24.3 Å². The van der Waals surface area contributed by atoms with Gasteiger partial charge in [0.05, 0.1) is 0 Å². The summed E-state index contributed by atoms with van der Waals surface area (Å²) in [6.07, 6.45) is 0.180. The van der Waals surface area contributed by atoms with Crippen LogP contribution in [0.4, 0.5) is 13.2 Å². The molecule has 0 saturated carbocycles. The van der Waals surface area contributed by atoms with E-state index in [0.29, 0.717) is 49.4 Å². The molecular formula is C28H27F3N2O. The maximum Gasteiger partial charge on any atom is 0.188 e. The number of rotatable bonds is 4. The Morgan fingerprint density at radius 1 is 0.882 bits per heavy atom. The van der Waals surface area contributed by atoms with Crippen LogP contribution in [0, 0.1) is 31.3 Å². The molecule has 176 valence electrons. The second kappa shape index (κ2) is 8.67. The van der Waals surface area contributed by atoms with E-state index in [9.17, 15) is 18.0 Å². The lowest BCUT2D eigenvalue weighted by molar-refractivity contribution is 0.0285. The summed E-state index contributed by atoms with van der Waals surface area (Å²) < 4.78 is 43.0. The highest BCUT2D eigenvalue weighted by Gasteiger charge is 2.52. The van der Waals surface area contributed by atoms with Crippen LogP contribution in [-0.2, 0) is 18.5 Å². The van der Waals surface area contributed by atoms with Crippen molar-refractivity contribution in [1.29, 1.82) is 0 Å². The number of fused-ring (bicyclic) bond motifs is 1. The lowest BCUT2D eigenvalue weighted by Crippen LogP contribution is -2.58. The van der Waals surface area contributed by atoms with Crippen molar-refractivity contribution in [1.82, 2.24) is 9.80 Å². The predicted molar refractivity (Wildman–Crippen MR) is 125 cm³/mol. The number of hydrogen-bond acceptors (Lipinski definition) is 3. The van der Waals surface area contributed by atoms with Crippen molar-refractivity contribution in [2.45, 2.75) is 32.4 Å². The average Bonchev–Trinajstić information content (AvgIpc) is 3.11. The molecule has 0 amide bonds. The molecule has 0 N–H and O–H groups in total. The van der Waals surface area contributed by atoms with E-state index < -0.39 is 17.2 Å². The molecule has 1 aliphatic carbocycles. The third-order valence-electron chi connectivity index (χ3n) is 7.31. The summed E-state index contributed by atoms with van der Waals surface area (Å²) in [5, 5.41) is 0. The Morgan fingerprint density at radius 2 is 1.65 bits per heavy atom. The first kappa shape index (κ1) is 22.8. The normalized spacial score (nSPS) is 21.1. The van der Waals surface area contributed by atoms with Gasteiger partial charge in [-0.3, -0.25) is 14.6 Å². The summed E-state index contributed by atoms with van der Waals surface area (Å²) in [5.41, 5.74) is 2.90. The van der Waals surface area contributed by atoms with Gasteiger partial charge >= 0.3 is 0 Å². The van der Waals surface area contributed by atoms with Gasteiger partial charge in [-0.05, 0) is 66.4 Å². The summed E-state index contributed by atoms with van der Waals surface area (Å²) in [6, 6.07) is 14.1. The van der Waals surface area contributed by atoms with Crippen LogP contribution in [0.1, 0.15) is 38.2 Å². The van der Waals surface area contributed by atoms with Gasteiger partial charge < -0.3 is 0 Å². The molecule has 3 aromatic carbocycles. The van der Waals surface area contributed by atoms with E-state index >= 15 is 0 Å². The molecule has 1 saturated heterocycles. The van der Waals surface area contributed by atoms with Gasteiger partial charge in [0.15, 0.2) is 5.78 Å². The highest BCUT2D eigenvalue weighted by atomic mass is 19.1. The number of nitrogens with zero attached hydrogens (tertiary/aromatic N) is 2. The van der Waals surface area contributed by atoms with Crippen molar-refractivity contribution >= 4 is 5.78 Å². The van der Waals surface area contributed by atoms with E-state index in [2.05, 4.69) is 9.80 Å². The molecule has 1 fully saturated rings. The largest absolute Gasteiger partial charge is 0.297 e. The Kier molecular flexibility index (Phi) is 5.82. The second-order valence-corrected chi connectivity index (χ2v) is 9.48. The Balaban J connectivity index is 1.47. The zero-order valence-corrected chi connectivity index (χ0v) is 19.4. The van der Waals surface area contributed by atoms with Gasteiger partial charge in [0.1, 0.15) is 23.0 Å². The van der Waals surface area contributed by atoms with Crippen LogP contribution in [0.15, 0.2) is 54.6 Å². The Bertz CT molecular complexity index is 1250. The van der Waals surface area contributed by atoms with Crippen molar-refractivity contribution in [3.05, 3.63) is 105 Å². The van der Waals surface area contributed by atoms with Gasteiger partial charge in [-0.25, -0.2) is 13.2 Å². The third-order valence-corrected chi connectivity index (χ3v) is 7.31. The molecule has 34 heavy (non-hydrogen) atoms. The lowest BCUT2D eigenvalue weighted by atomic mass is 9.82. The molecule has 1 aliphatic heterocycles. The first-order valence-corrected chi connectivity index (χ1v) is 11.6. The topological polar surface area (TPSA) is 23.6 Å². The summed E-state index contributed by atoms with van der Waals surface area (Å²) in [7, 11) is 0. The van der Waals surface area contributed by atoms with Crippen LogP contribution in [0.2, 0.25) is 0 Å². The Hall–Kier alpha value is -2.96. The van der Waals surface area contributed by atoms with Crippen molar-refractivity contribution in [3.63, 3.8) is 0 Å². The molecule has 1 heterocycles. The van der Waals surface area contributed by atoms with E-state index in [1.54, 1.807) is 31.2 Å². The fourth-order valence-electron chi connectivity index (χ4n) is 5.50. The highest BCUT2D eigenvalue weighted by molar-refractivity contribution is 6.08. The Labute approximate surface area is 197 Å². The SMILES string of the molecule is Cc1cc(F)cc(C2(N3CCN(Cc4cc(F)ccc4C)CC3)Cc3c(F)cccc3C2=O)c1. The van der Waals surface area contributed by atoms with Crippen LogP contribution in [-0.4, -0.2) is 41.8 Å². The van der Waals surface area contributed by atoms with Crippen LogP contribution in [0.3, 0.4) is 0 Å². The lowest BCUT2D eigenvalue weighted by Gasteiger charge is -2.45. The fraction of sp³-hybridized carbons (Fsp3) is 0.321. The number of benzene rings is 3. The summed E-state index contributed by atoms with van der Waals surface area (Å²) in [6.45, 7) is 6.83. The molecule has 0 spiro atoms. The molecule has 6 heteroatoms. The highest BCUT2D eigenvalue weighted by Crippen LogP contribution is 2.44. The fourth-order valence-corrected chi connectivity index (χ4v) is 5.50. The van der Waals surface area contributed by atoms with Crippen molar-refractivity contribution in [2.75, 3.05) is 26.2 Å². The van der Waals surface area contributed by atoms with Crippen LogP contribution >= 0.6 is 0 Å². The number of piperazine rings is 1. The summed E-state index contributed by atoms with van der Waals surface area (Å²) >= 11 is 0. The molecule has 0 radical (unpaired) electrons. The number of halogens is 3. The second-order valence-electron chi connectivity index (χ2n) is 9.48. The average molecular weight is 465 g/mol. The maximum absolute atomic E-state index is 14.7. The van der Waals surface area contributed by atoms with E-state index in [1.807, 2.05) is 13.0 Å². The minimum absolute atomic E-state index is 0.179. The molecule has 2 aliphatic rings. The molecule has 1 atom stereocenters. The summed E-state index contributed by atoms with van der Waals surface area (Å²) in [4.78, 5) is 18.2. The zero-order chi connectivity index (χ0) is 24.0. The van der Waals surface area contributed by atoms with Crippen LogP contribution in [0.25, 0.3) is 0 Å². The van der Waals surface area contributed by atoms with E-state index in [0.717, 1.165) is 16.7 Å². The van der Waals surface area contributed by atoms with E-state index in [-0.39, 0.29) is 18.0 Å². The van der Waals surface area contributed by atoms with Gasteiger partial charge in [-0.2, -0.15) is 0 Å². The molecule has 3 aromatic rings. The van der Waals surface area contributed by atoms with Gasteiger partial charge in [-0.15, -0.1) is 0 Å². The minimum atomic E-state index is -1.14. The molecule has 5 rings (SSSR count). The molecule has 1 unspecified atom stereocenters. The maximum atomic E-state index is 14.7. The number of hydrogen-bond donors (Lipinski definition) is 0. The van der Waals surface area contributed by atoms with Gasteiger partial charge in [0.2, 0.25) is 0 Å². The van der Waals surface area contributed by atoms with Crippen LogP contribution in [0.5, 0.6) is 0 Å². The summed E-state index contributed by atoms with van der Waals surface area (Å²) in [5.74, 6) is -1.24. The standard InChI is InChI=1S/C28H27F3N2O/c1-18-12-21(15-23(30)13-18)28(16-25-24(27(28)34)4-3-5-26(25)31)33-10-8-32(9-11-33)17-20-14-22(29)7-6-19(20)2/h3-7,12-15H,8-11,16-17H2,1-2H3. The number of ketones is 1. The van der Waals surface area contributed by atoms with Crippen LogP contribution < -0.4 is 0 Å². The van der Waals surface area contributed by atoms with Gasteiger partial charge in [0, 0.05) is 50.3 Å². The molecule has 0 bridgehead atoms. The quantitative estimate of drug-likeness (QED) is 0.532. The Morgan fingerprint density at radius 3 is 2.35 bits per heavy atom. The molecule has 3 nitrogen and oxygen atoms in total. The zero-order valence-electron chi connectivity index (χ0n) is 19.4. The minimum Gasteiger partial charge on any atom is -0.297 e. The number of Topliss-reactive ketones (excluding diaryl/α,β-unsaturated/α-hetero) is 1. The first-order chi connectivity index (χ1) is 16.3. The smallest absolute Gasteiger partial charge is 0.188 e. The number of aryl methyl sites for hydroxylation is 2. The van der Waals surface area contributed by atoms with Crippen molar-refractivity contribution in [2.24, 2.45) is 0 Å². The van der Waals surface area contributed by atoms with E-state index in [4.69, 9.17) is 0 Å². The third kappa shape index (κ3) is 3.85. The monoisotopic (exact) mass is 464 g/mol. The number of carbonyl (C=O) groups excluding carboxylic acids is 1. The predicted octanol–water partition coefficient (Wildman–Crippen LogP) is 5.17. The van der Waals surface area contributed by atoms with Crippen molar-refractivity contribution in [3.8, 4) is 0 Å². The van der Waals surface area contributed by atoms with Crippen molar-refractivity contribution < 1.29 is 18.0 Å². The van der Waals surface area contributed by atoms with Gasteiger partial charge in [0.25, 0.3) is 0 Å².